The van der Waals surface area contributed by atoms with E-state index in [2.05, 4.69) is 24.1 Å². The number of nitro benzene ring substituents is 1. The van der Waals surface area contributed by atoms with E-state index in [-0.39, 0.29) is 5.69 Å². The highest BCUT2D eigenvalue weighted by Crippen LogP contribution is 2.37. The third-order valence-electron chi connectivity index (χ3n) is 4.83. The third-order valence-corrected chi connectivity index (χ3v) is 5.96. The lowest BCUT2D eigenvalue weighted by Crippen LogP contribution is -2.35. The fourth-order valence-electron chi connectivity index (χ4n) is 3.25. The van der Waals surface area contributed by atoms with E-state index in [0.717, 1.165) is 30.0 Å². The average molecular weight is 414 g/mol. The number of carbonyl (C=O) groups excluding carboxylic acids is 2. The molecule has 0 bridgehead atoms. The van der Waals surface area contributed by atoms with Crippen LogP contribution in [0.15, 0.2) is 30.3 Å². The van der Waals surface area contributed by atoms with E-state index in [1.807, 2.05) is 0 Å². The molecule has 0 unspecified atom stereocenters. The van der Waals surface area contributed by atoms with E-state index >= 15 is 0 Å². The van der Waals surface area contributed by atoms with E-state index in [0.29, 0.717) is 22.2 Å². The summed E-state index contributed by atoms with van der Waals surface area (Å²) < 4.78 is 0. The Balaban J connectivity index is 1.76. The number of primary amides is 1. The van der Waals surface area contributed by atoms with E-state index in [1.54, 1.807) is 18.2 Å². The Bertz CT molecular complexity index is 979. The first-order chi connectivity index (χ1) is 13.8. The summed E-state index contributed by atoms with van der Waals surface area (Å²) in [6, 6.07) is 6.25. The van der Waals surface area contributed by atoms with Crippen molar-refractivity contribution in [3.05, 3.63) is 62.0 Å². The number of non-ortho nitro benzene ring substituents is 1. The smallest absolute Gasteiger partial charge is 0.269 e. The number of carbonyl (C=O) groups is 2. The first-order valence-electron chi connectivity index (χ1n) is 9.18. The number of hydrogen-bond donors (Lipinski definition) is 2. The van der Waals surface area contributed by atoms with Crippen molar-refractivity contribution in [2.75, 3.05) is 11.9 Å². The van der Waals surface area contributed by atoms with Gasteiger partial charge in [0.1, 0.15) is 5.00 Å². The van der Waals surface area contributed by atoms with Crippen molar-refractivity contribution < 1.29 is 14.5 Å². The van der Waals surface area contributed by atoms with Gasteiger partial charge in [-0.05, 0) is 49.6 Å². The molecule has 9 heteroatoms. The van der Waals surface area contributed by atoms with Gasteiger partial charge in [-0.1, -0.05) is 0 Å². The average Bonchev–Trinajstić information content (AvgIpc) is 3.03. The van der Waals surface area contributed by atoms with Crippen LogP contribution < -0.4 is 11.1 Å². The number of nitrogens with two attached hydrogens (primary N) is 1. The molecule has 1 aliphatic rings. The molecule has 0 aliphatic carbocycles. The highest BCUT2D eigenvalue weighted by Gasteiger charge is 2.28. The van der Waals surface area contributed by atoms with Crippen molar-refractivity contribution in [3.8, 4) is 0 Å². The van der Waals surface area contributed by atoms with Crippen LogP contribution in [0.2, 0.25) is 0 Å². The summed E-state index contributed by atoms with van der Waals surface area (Å²) in [6.45, 7) is 5.82. The second-order valence-electron chi connectivity index (χ2n) is 7.06. The highest BCUT2D eigenvalue weighted by molar-refractivity contribution is 7.17. The fraction of sp³-hybridized carbons (Fsp3) is 0.300. The second-order valence-corrected chi connectivity index (χ2v) is 8.16. The molecule has 152 valence electrons. The number of thiophene rings is 1. The monoisotopic (exact) mass is 414 g/mol. The number of rotatable bonds is 6. The van der Waals surface area contributed by atoms with Crippen molar-refractivity contribution in [2.45, 2.75) is 32.9 Å². The molecular weight excluding hydrogens is 392 g/mol. The minimum Gasteiger partial charge on any atom is -0.365 e. The number of amides is 2. The molecule has 0 fully saturated rings. The molecule has 1 aliphatic heterocycles. The number of nitrogens with zero attached hydrogens (tertiary/aromatic N) is 2. The summed E-state index contributed by atoms with van der Waals surface area (Å²) in [5.74, 6) is -0.944. The SMILES string of the molecule is CC(C)N1CCc2c(sc(NC(=O)C=Cc3ccc([N+](=O)[O-])cc3)c2C(N)=O)C1. The zero-order valence-corrected chi connectivity index (χ0v) is 17.0. The lowest BCUT2D eigenvalue weighted by Gasteiger charge is -2.30. The van der Waals surface area contributed by atoms with Crippen LogP contribution in [0.5, 0.6) is 0 Å². The van der Waals surface area contributed by atoms with Gasteiger partial charge in [-0.3, -0.25) is 24.6 Å². The van der Waals surface area contributed by atoms with Crippen LogP contribution in [0.3, 0.4) is 0 Å². The van der Waals surface area contributed by atoms with E-state index < -0.39 is 16.7 Å². The third kappa shape index (κ3) is 4.69. The van der Waals surface area contributed by atoms with Gasteiger partial charge < -0.3 is 11.1 Å². The molecule has 0 atom stereocenters. The number of benzene rings is 1. The van der Waals surface area contributed by atoms with Gasteiger partial charge in [-0.2, -0.15) is 0 Å². The van der Waals surface area contributed by atoms with Gasteiger partial charge in [0.2, 0.25) is 5.91 Å². The van der Waals surface area contributed by atoms with Gasteiger partial charge in [-0.25, -0.2) is 0 Å². The number of anilines is 1. The zero-order valence-electron chi connectivity index (χ0n) is 16.2. The molecule has 0 spiro atoms. The summed E-state index contributed by atoms with van der Waals surface area (Å²) in [6.07, 6.45) is 3.60. The van der Waals surface area contributed by atoms with Crippen molar-refractivity contribution in [1.29, 1.82) is 0 Å². The van der Waals surface area contributed by atoms with Crippen LogP contribution in [-0.2, 0) is 17.8 Å². The molecule has 0 saturated carbocycles. The molecule has 8 nitrogen and oxygen atoms in total. The molecular formula is C20H22N4O4S. The highest BCUT2D eigenvalue weighted by atomic mass is 32.1. The summed E-state index contributed by atoms with van der Waals surface area (Å²) in [5, 5.41) is 13.9. The normalized spacial score (nSPS) is 14.2. The van der Waals surface area contributed by atoms with Crippen LogP contribution in [0.1, 0.15) is 40.2 Å². The van der Waals surface area contributed by atoms with Crippen molar-refractivity contribution in [1.82, 2.24) is 4.90 Å². The first-order valence-corrected chi connectivity index (χ1v) is 9.99. The Labute approximate surface area is 172 Å². The Morgan fingerprint density at radius 1 is 1.31 bits per heavy atom. The molecule has 2 aromatic rings. The van der Waals surface area contributed by atoms with Crippen molar-refractivity contribution >= 4 is 39.9 Å². The Morgan fingerprint density at radius 2 is 2.00 bits per heavy atom. The Morgan fingerprint density at radius 3 is 2.59 bits per heavy atom. The van der Waals surface area contributed by atoms with Crippen LogP contribution in [-0.4, -0.2) is 34.2 Å². The van der Waals surface area contributed by atoms with Crippen LogP contribution in [0.4, 0.5) is 10.7 Å². The Hall–Kier alpha value is -3.04. The molecule has 1 aromatic heterocycles. The molecule has 3 rings (SSSR count). The van der Waals surface area contributed by atoms with Gasteiger partial charge in [0, 0.05) is 42.2 Å². The number of nitro groups is 1. The van der Waals surface area contributed by atoms with E-state index in [9.17, 15) is 19.7 Å². The maximum atomic E-state index is 12.4. The number of hydrogen-bond acceptors (Lipinski definition) is 6. The van der Waals surface area contributed by atoms with Gasteiger partial charge in [-0.15, -0.1) is 11.3 Å². The Kier molecular flexibility index (Phi) is 6.09. The fourth-order valence-corrected chi connectivity index (χ4v) is 4.53. The number of nitrogens with one attached hydrogen (secondary N) is 1. The summed E-state index contributed by atoms with van der Waals surface area (Å²) in [7, 11) is 0. The van der Waals surface area contributed by atoms with Crippen LogP contribution >= 0.6 is 11.3 Å². The quantitative estimate of drug-likeness (QED) is 0.427. The van der Waals surface area contributed by atoms with E-state index in [1.165, 1.54) is 29.5 Å². The molecule has 0 saturated heterocycles. The lowest BCUT2D eigenvalue weighted by atomic mass is 10.0. The molecule has 29 heavy (non-hydrogen) atoms. The van der Waals surface area contributed by atoms with Crippen LogP contribution in [0, 0.1) is 10.1 Å². The molecule has 0 radical (unpaired) electrons. The number of fused-ring (bicyclic) bond motifs is 1. The van der Waals surface area contributed by atoms with Gasteiger partial charge >= 0.3 is 0 Å². The first kappa shape index (κ1) is 20.7. The minimum absolute atomic E-state index is 0.0164. The minimum atomic E-state index is -0.546. The largest absolute Gasteiger partial charge is 0.365 e. The maximum Gasteiger partial charge on any atom is 0.269 e. The van der Waals surface area contributed by atoms with E-state index in [4.69, 9.17) is 5.73 Å². The van der Waals surface area contributed by atoms with Gasteiger partial charge in [0.25, 0.3) is 11.6 Å². The molecule has 2 amide bonds. The molecule has 1 aromatic carbocycles. The van der Waals surface area contributed by atoms with Gasteiger partial charge in [0.15, 0.2) is 0 Å². The predicted molar refractivity (Wildman–Crippen MR) is 113 cm³/mol. The second kappa shape index (κ2) is 8.54. The molecule has 3 N–H and O–H groups in total. The molecule has 2 heterocycles. The summed E-state index contributed by atoms with van der Waals surface area (Å²) in [5.41, 5.74) is 7.54. The summed E-state index contributed by atoms with van der Waals surface area (Å²) >= 11 is 1.38. The maximum absolute atomic E-state index is 12.4. The summed E-state index contributed by atoms with van der Waals surface area (Å²) in [4.78, 5) is 37.9. The van der Waals surface area contributed by atoms with Crippen LogP contribution in [0.25, 0.3) is 6.08 Å². The van der Waals surface area contributed by atoms with Gasteiger partial charge in [0.05, 0.1) is 10.5 Å². The lowest BCUT2D eigenvalue weighted by molar-refractivity contribution is -0.384. The van der Waals surface area contributed by atoms with Crippen molar-refractivity contribution in [2.24, 2.45) is 5.73 Å². The topological polar surface area (TPSA) is 119 Å². The standard InChI is InChI=1S/C20H22N4O4S/c1-12(2)23-10-9-15-16(11-23)29-20(18(15)19(21)26)22-17(25)8-5-13-3-6-14(7-4-13)24(27)28/h3-8,12H,9-11H2,1-2H3,(H2,21,26)(H,22,25). The zero-order chi connectivity index (χ0) is 21.1. The van der Waals surface area contributed by atoms with Crippen molar-refractivity contribution in [3.63, 3.8) is 0 Å². The predicted octanol–water partition coefficient (Wildman–Crippen LogP) is 3.17.